The summed E-state index contributed by atoms with van der Waals surface area (Å²) in [6.45, 7) is 4.17. The summed E-state index contributed by atoms with van der Waals surface area (Å²) in [5, 5.41) is 10.3. The van der Waals surface area contributed by atoms with Crippen molar-refractivity contribution in [2.24, 2.45) is 5.92 Å². The molecule has 0 saturated carbocycles. The van der Waals surface area contributed by atoms with E-state index < -0.39 is 6.10 Å². The third kappa shape index (κ3) is 3.13. The van der Waals surface area contributed by atoms with Gasteiger partial charge in [-0.05, 0) is 18.4 Å². The van der Waals surface area contributed by atoms with Crippen LogP contribution in [0, 0.1) is 5.92 Å². The molecule has 96 valence electrons. The van der Waals surface area contributed by atoms with Gasteiger partial charge in [0.1, 0.15) is 0 Å². The normalized spacial score (nSPS) is 14.2. The van der Waals surface area contributed by atoms with Crippen LogP contribution < -0.4 is 9.47 Å². The summed E-state index contributed by atoms with van der Waals surface area (Å²) in [4.78, 5) is 0. The van der Waals surface area contributed by atoms with E-state index in [2.05, 4.69) is 6.92 Å². The molecule has 0 fully saturated rings. The van der Waals surface area contributed by atoms with Crippen molar-refractivity contribution in [3.63, 3.8) is 0 Å². The largest absolute Gasteiger partial charge is 0.493 e. The van der Waals surface area contributed by atoms with Crippen molar-refractivity contribution in [2.45, 2.75) is 32.8 Å². The van der Waals surface area contributed by atoms with Gasteiger partial charge in [0.25, 0.3) is 0 Å². The van der Waals surface area contributed by atoms with E-state index in [9.17, 15) is 5.11 Å². The Balaban J connectivity index is 3.03. The zero-order chi connectivity index (χ0) is 12.8. The van der Waals surface area contributed by atoms with E-state index in [4.69, 9.17) is 9.47 Å². The van der Waals surface area contributed by atoms with Crippen LogP contribution in [0.2, 0.25) is 0 Å². The fourth-order valence-corrected chi connectivity index (χ4v) is 2.06. The van der Waals surface area contributed by atoms with E-state index in [0.29, 0.717) is 11.5 Å². The molecule has 3 heteroatoms. The summed E-state index contributed by atoms with van der Waals surface area (Å²) < 4.78 is 10.6. The van der Waals surface area contributed by atoms with Crippen LogP contribution in [-0.2, 0) is 0 Å². The lowest BCUT2D eigenvalue weighted by atomic mass is 9.93. The van der Waals surface area contributed by atoms with E-state index >= 15 is 0 Å². The third-order valence-corrected chi connectivity index (χ3v) is 3.04. The van der Waals surface area contributed by atoms with Crippen LogP contribution in [0.25, 0.3) is 0 Å². The Kier molecular flexibility index (Phi) is 5.29. The van der Waals surface area contributed by atoms with E-state index in [1.807, 2.05) is 25.1 Å². The number of ether oxygens (including phenoxy) is 2. The molecule has 0 radical (unpaired) electrons. The van der Waals surface area contributed by atoms with Crippen LogP contribution in [0.15, 0.2) is 18.2 Å². The molecule has 0 aliphatic rings. The van der Waals surface area contributed by atoms with Gasteiger partial charge in [-0.1, -0.05) is 32.4 Å². The molecular weight excluding hydrogens is 216 g/mol. The minimum Gasteiger partial charge on any atom is -0.493 e. The number of aliphatic hydroxyl groups excluding tert-OH is 1. The van der Waals surface area contributed by atoms with Crippen molar-refractivity contribution in [2.75, 3.05) is 14.2 Å². The highest BCUT2D eigenvalue weighted by molar-refractivity contribution is 5.47. The molecule has 17 heavy (non-hydrogen) atoms. The lowest BCUT2D eigenvalue weighted by Crippen LogP contribution is -2.10. The Morgan fingerprint density at radius 1 is 1.24 bits per heavy atom. The Hall–Kier alpha value is -1.22. The predicted molar refractivity (Wildman–Crippen MR) is 68.6 cm³/mol. The summed E-state index contributed by atoms with van der Waals surface area (Å²) in [5.74, 6) is 1.50. The molecule has 0 bridgehead atoms. The first-order chi connectivity index (χ1) is 8.15. The first-order valence-electron chi connectivity index (χ1n) is 6.04. The molecule has 1 aromatic carbocycles. The minimum atomic E-state index is -0.514. The third-order valence-electron chi connectivity index (χ3n) is 3.04. The summed E-state index contributed by atoms with van der Waals surface area (Å²) in [6.07, 6.45) is 1.53. The summed E-state index contributed by atoms with van der Waals surface area (Å²) in [7, 11) is 3.20. The highest BCUT2D eigenvalue weighted by Gasteiger charge is 2.21. The molecule has 0 amide bonds. The first kappa shape index (κ1) is 13.8. The first-order valence-corrected chi connectivity index (χ1v) is 6.04. The molecule has 3 nitrogen and oxygen atoms in total. The maximum absolute atomic E-state index is 10.3. The number of para-hydroxylation sites is 1. The van der Waals surface area contributed by atoms with Crippen LogP contribution in [0.5, 0.6) is 11.5 Å². The Morgan fingerprint density at radius 3 is 2.47 bits per heavy atom. The zero-order valence-corrected chi connectivity index (χ0v) is 11.1. The van der Waals surface area contributed by atoms with Crippen LogP contribution in [0.3, 0.4) is 0 Å². The monoisotopic (exact) mass is 238 g/mol. The van der Waals surface area contributed by atoms with Crippen LogP contribution in [0.1, 0.15) is 38.4 Å². The SMILES string of the molecule is CCCC(C)C(O)c1cccc(OC)c1OC. The minimum absolute atomic E-state index is 0.209. The maximum atomic E-state index is 10.3. The second-order valence-electron chi connectivity index (χ2n) is 4.29. The average Bonchev–Trinajstić information content (AvgIpc) is 2.36. The fourth-order valence-electron chi connectivity index (χ4n) is 2.06. The van der Waals surface area contributed by atoms with Gasteiger partial charge in [0.15, 0.2) is 11.5 Å². The molecule has 1 aromatic rings. The average molecular weight is 238 g/mol. The molecule has 0 heterocycles. The topological polar surface area (TPSA) is 38.7 Å². The molecule has 2 unspecified atom stereocenters. The molecule has 1 N–H and O–H groups in total. The summed E-state index contributed by atoms with van der Waals surface area (Å²) >= 11 is 0. The molecule has 0 spiro atoms. The molecule has 0 aromatic heterocycles. The van der Waals surface area contributed by atoms with Crippen molar-refractivity contribution < 1.29 is 14.6 Å². The van der Waals surface area contributed by atoms with Crippen LogP contribution in [-0.4, -0.2) is 19.3 Å². The van der Waals surface area contributed by atoms with Gasteiger partial charge in [-0.2, -0.15) is 0 Å². The van der Waals surface area contributed by atoms with Gasteiger partial charge in [0, 0.05) is 5.56 Å². The number of rotatable bonds is 6. The van der Waals surface area contributed by atoms with Crippen molar-refractivity contribution in [3.05, 3.63) is 23.8 Å². The predicted octanol–water partition coefficient (Wildman–Crippen LogP) is 3.17. The lowest BCUT2D eigenvalue weighted by Gasteiger charge is -2.21. The van der Waals surface area contributed by atoms with E-state index in [1.54, 1.807) is 14.2 Å². The highest BCUT2D eigenvalue weighted by atomic mass is 16.5. The Labute approximate surface area is 103 Å². The molecule has 0 aliphatic heterocycles. The fraction of sp³-hybridized carbons (Fsp3) is 0.571. The standard InChI is InChI=1S/C14H22O3/c1-5-7-10(2)13(15)11-8-6-9-12(16-3)14(11)17-4/h6,8-10,13,15H,5,7H2,1-4H3. The number of hydrogen-bond acceptors (Lipinski definition) is 3. The van der Waals surface area contributed by atoms with Crippen LogP contribution >= 0.6 is 0 Å². The molecule has 1 rings (SSSR count). The summed E-state index contributed by atoms with van der Waals surface area (Å²) in [5.41, 5.74) is 0.799. The smallest absolute Gasteiger partial charge is 0.166 e. The second-order valence-corrected chi connectivity index (χ2v) is 4.29. The molecule has 0 aliphatic carbocycles. The number of methoxy groups -OCH3 is 2. The number of aliphatic hydroxyl groups is 1. The van der Waals surface area contributed by atoms with Gasteiger partial charge in [0.2, 0.25) is 0 Å². The molecule has 2 atom stereocenters. The quantitative estimate of drug-likeness (QED) is 0.827. The van der Waals surface area contributed by atoms with E-state index in [1.165, 1.54) is 0 Å². The lowest BCUT2D eigenvalue weighted by molar-refractivity contribution is 0.109. The van der Waals surface area contributed by atoms with E-state index in [-0.39, 0.29) is 5.92 Å². The Morgan fingerprint density at radius 2 is 1.94 bits per heavy atom. The van der Waals surface area contributed by atoms with Crippen molar-refractivity contribution >= 4 is 0 Å². The van der Waals surface area contributed by atoms with Gasteiger partial charge in [-0.15, -0.1) is 0 Å². The van der Waals surface area contributed by atoms with Crippen molar-refractivity contribution in [3.8, 4) is 11.5 Å². The second kappa shape index (κ2) is 6.50. The summed E-state index contributed by atoms with van der Waals surface area (Å²) in [6, 6.07) is 5.59. The van der Waals surface area contributed by atoms with Gasteiger partial charge in [0.05, 0.1) is 20.3 Å². The van der Waals surface area contributed by atoms with Gasteiger partial charge < -0.3 is 14.6 Å². The number of benzene rings is 1. The molecular formula is C14H22O3. The van der Waals surface area contributed by atoms with Crippen LogP contribution in [0.4, 0.5) is 0 Å². The maximum Gasteiger partial charge on any atom is 0.166 e. The van der Waals surface area contributed by atoms with Gasteiger partial charge in [-0.25, -0.2) is 0 Å². The van der Waals surface area contributed by atoms with Crippen molar-refractivity contribution in [1.29, 1.82) is 0 Å². The molecule has 0 saturated heterocycles. The zero-order valence-electron chi connectivity index (χ0n) is 11.1. The van der Waals surface area contributed by atoms with Gasteiger partial charge in [-0.3, -0.25) is 0 Å². The van der Waals surface area contributed by atoms with Crippen molar-refractivity contribution in [1.82, 2.24) is 0 Å². The van der Waals surface area contributed by atoms with E-state index in [0.717, 1.165) is 18.4 Å². The number of hydrogen-bond donors (Lipinski definition) is 1. The van der Waals surface area contributed by atoms with Gasteiger partial charge >= 0.3 is 0 Å². The highest BCUT2D eigenvalue weighted by Crippen LogP contribution is 2.38. The Bertz CT molecular complexity index is 349.